The molecule has 0 bridgehead atoms. The molecule has 0 heterocycles. The maximum absolute atomic E-state index is 11.9. The normalized spacial score (nSPS) is 13.1. The van der Waals surface area contributed by atoms with Crippen molar-refractivity contribution >= 4 is 11.8 Å². The molecule has 0 aliphatic carbocycles. The van der Waals surface area contributed by atoms with Crippen LogP contribution in [0, 0.1) is 17.2 Å². The van der Waals surface area contributed by atoms with Crippen molar-refractivity contribution in [3.05, 3.63) is 35.9 Å². The summed E-state index contributed by atoms with van der Waals surface area (Å²) in [6.07, 6.45) is 0.155. The van der Waals surface area contributed by atoms with Crippen LogP contribution in [0.1, 0.15) is 23.7 Å². The first kappa shape index (κ1) is 13.7. The van der Waals surface area contributed by atoms with E-state index >= 15 is 0 Å². The van der Waals surface area contributed by atoms with E-state index in [9.17, 15) is 9.59 Å². The molecule has 2 amide bonds. The number of nitrogens with zero attached hydrogens (tertiary/aromatic N) is 1. The minimum atomic E-state index is -0.836. The Kier molecular flexibility index (Phi) is 4.88. The number of nitriles is 1. The van der Waals surface area contributed by atoms with Gasteiger partial charge < -0.3 is 11.1 Å². The van der Waals surface area contributed by atoms with Crippen LogP contribution in [0.5, 0.6) is 0 Å². The highest BCUT2D eigenvalue weighted by atomic mass is 16.2. The summed E-state index contributed by atoms with van der Waals surface area (Å²) in [5.41, 5.74) is 5.68. The number of primary amides is 1. The number of hydrogen-bond acceptors (Lipinski definition) is 3. The summed E-state index contributed by atoms with van der Waals surface area (Å²) in [7, 11) is 0. The van der Waals surface area contributed by atoms with Gasteiger partial charge in [0.2, 0.25) is 5.91 Å². The molecule has 18 heavy (non-hydrogen) atoms. The predicted octanol–water partition coefficient (Wildman–Crippen LogP) is 0.820. The zero-order valence-corrected chi connectivity index (χ0v) is 10.1. The number of benzene rings is 1. The van der Waals surface area contributed by atoms with Crippen molar-refractivity contribution in [2.24, 2.45) is 11.7 Å². The first-order chi connectivity index (χ1) is 8.56. The van der Waals surface area contributed by atoms with Crippen molar-refractivity contribution in [3.63, 3.8) is 0 Å². The van der Waals surface area contributed by atoms with Gasteiger partial charge in [0.1, 0.15) is 6.04 Å². The lowest BCUT2D eigenvalue weighted by molar-refractivity contribution is -0.120. The molecule has 1 aromatic carbocycles. The summed E-state index contributed by atoms with van der Waals surface area (Å²) in [4.78, 5) is 23.1. The molecule has 1 aromatic rings. The summed E-state index contributed by atoms with van der Waals surface area (Å²) in [6.45, 7) is 1.70. The highest BCUT2D eigenvalue weighted by molar-refractivity contribution is 5.97. The van der Waals surface area contributed by atoms with E-state index in [4.69, 9.17) is 11.0 Å². The molecule has 0 aliphatic rings. The smallest absolute Gasteiger partial charge is 0.251 e. The number of carbonyl (C=O) groups is 2. The summed E-state index contributed by atoms with van der Waals surface area (Å²) in [6, 6.07) is 9.65. The van der Waals surface area contributed by atoms with E-state index in [0.29, 0.717) is 5.56 Å². The second kappa shape index (κ2) is 6.40. The van der Waals surface area contributed by atoms with Crippen LogP contribution in [0.4, 0.5) is 0 Å². The molecule has 0 spiro atoms. The number of nitrogens with one attached hydrogen (secondary N) is 1. The lowest BCUT2D eigenvalue weighted by Crippen LogP contribution is -2.48. The average molecular weight is 245 g/mol. The third-order valence-electron chi connectivity index (χ3n) is 2.61. The molecule has 5 heteroatoms. The zero-order valence-electron chi connectivity index (χ0n) is 10.1. The maximum atomic E-state index is 11.9. The van der Waals surface area contributed by atoms with E-state index in [0.717, 1.165) is 0 Å². The van der Waals surface area contributed by atoms with Gasteiger partial charge in [-0.15, -0.1) is 0 Å². The van der Waals surface area contributed by atoms with Gasteiger partial charge in [0.05, 0.1) is 6.07 Å². The Morgan fingerprint density at radius 1 is 1.39 bits per heavy atom. The Labute approximate surface area is 106 Å². The molecule has 0 aromatic heterocycles. The SMILES string of the molecule is C[C@H](CC#N)[C@H](NC(=O)c1ccccc1)C(N)=O. The number of hydrogen-bond donors (Lipinski definition) is 2. The second-order valence-corrected chi connectivity index (χ2v) is 4.06. The van der Waals surface area contributed by atoms with Gasteiger partial charge in [-0.2, -0.15) is 5.26 Å². The summed E-state index contributed by atoms with van der Waals surface area (Å²) in [5.74, 6) is -1.33. The highest BCUT2D eigenvalue weighted by Crippen LogP contribution is 2.08. The first-order valence-electron chi connectivity index (χ1n) is 5.58. The molecule has 0 radical (unpaired) electrons. The summed E-state index contributed by atoms with van der Waals surface area (Å²) >= 11 is 0. The number of amides is 2. The third-order valence-corrected chi connectivity index (χ3v) is 2.61. The molecule has 0 saturated heterocycles. The lowest BCUT2D eigenvalue weighted by Gasteiger charge is -2.20. The van der Waals surface area contributed by atoms with Crippen molar-refractivity contribution in [2.45, 2.75) is 19.4 Å². The molecule has 94 valence electrons. The standard InChI is InChI=1S/C13H15N3O2/c1-9(7-8-14)11(12(15)17)16-13(18)10-5-3-2-4-6-10/h2-6,9,11H,7H2,1H3,(H2,15,17)(H,16,18)/t9-,11+/m1/s1. The van der Waals surface area contributed by atoms with Gasteiger partial charge in [0.15, 0.2) is 0 Å². The van der Waals surface area contributed by atoms with Gasteiger partial charge in [0.25, 0.3) is 5.91 Å². The molecule has 0 unspecified atom stereocenters. The van der Waals surface area contributed by atoms with Crippen molar-refractivity contribution < 1.29 is 9.59 Å². The van der Waals surface area contributed by atoms with Crippen molar-refractivity contribution in [2.75, 3.05) is 0 Å². The fourth-order valence-corrected chi connectivity index (χ4v) is 1.57. The van der Waals surface area contributed by atoms with Gasteiger partial charge in [-0.1, -0.05) is 25.1 Å². The van der Waals surface area contributed by atoms with E-state index < -0.39 is 11.9 Å². The van der Waals surface area contributed by atoms with Crippen molar-refractivity contribution in [1.29, 1.82) is 5.26 Å². The fourth-order valence-electron chi connectivity index (χ4n) is 1.57. The Balaban J connectivity index is 2.77. The van der Waals surface area contributed by atoms with Crippen LogP contribution in [-0.4, -0.2) is 17.9 Å². The molecular formula is C13H15N3O2. The van der Waals surface area contributed by atoms with Crippen LogP contribution < -0.4 is 11.1 Å². The Morgan fingerprint density at radius 3 is 2.50 bits per heavy atom. The Hall–Kier alpha value is -2.35. The van der Waals surface area contributed by atoms with E-state index in [1.165, 1.54) is 0 Å². The topological polar surface area (TPSA) is 96.0 Å². The molecule has 0 fully saturated rings. The highest BCUT2D eigenvalue weighted by Gasteiger charge is 2.24. The average Bonchev–Trinajstić information content (AvgIpc) is 2.36. The molecule has 5 nitrogen and oxygen atoms in total. The van der Waals surface area contributed by atoms with E-state index in [-0.39, 0.29) is 18.2 Å². The lowest BCUT2D eigenvalue weighted by atomic mass is 9.98. The van der Waals surface area contributed by atoms with Crippen LogP contribution >= 0.6 is 0 Å². The number of rotatable bonds is 5. The molecule has 0 aliphatic heterocycles. The second-order valence-electron chi connectivity index (χ2n) is 4.06. The maximum Gasteiger partial charge on any atom is 0.251 e. The molecular weight excluding hydrogens is 230 g/mol. The summed E-state index contributed by atoms with van der Waals surface area (Å²) in [5, 5.41) is 11.2. The number of carbonyl (C=O) groups excluding carboxylic acids is 2. The first-order valence-corrected chi connectivity index (χ1v) is 5.58. The van der Waals surface area contributed by atoms with Crippen LogP contribution in [0.3, 0.4) is 0 Å². The van der Waals surface area contributed by atoms with Crippen LogP contribution in [0.2, 0.25) is 0 Å². The molecule has 3 N–H and O–H groups in total. The minimum absolute atomic E-state index is 0.155. The quantitative estimate of drug-likeness (QED) is 0.803. The van der Waals surface area contributed by atoms with Crippen LogP contribution in [0.25, 0.3) is 0 Å². The molecule has 0 saturated carbocycles. The Morgan fingerprint density at radius 2 is 2.00 bits per heavy atom. The van der Waals surface area contributed by atoms with Crippen LogP contribution in [-0.2, 0) is 4.79 Å². The van der Waals surface area contributed by atoms with Gasteiger partial charge in [-0.3, -0.25) is 9.59 Å². The van der Waals surface area contributed by atoms with Crippen LogP contribution in [0.15, 0.2) is 30.3 Å². The largest absolute Gasteiger partial charge is 0.368 e. The number of nitrogens with two attached hydrogens (primary N) is 1. The van der Waals surface area contributed by atoms with E-state index in [1.54, 1.807) is 37.3 Å². The zero-order chi connectivity index (χ0) is 13.5. The van der Waals surface area contributed by atoms with E-state index in [1.807, 2.05) is 6.07 Å². The monoisotopic (exact) mass is 245 g/mol. The summed E-state index contributed by atoms with van der Waals surface area (Å²) < 4.78 is 0. The predicted molar refractivity (Wildman–Crippen MR) is 66.3 cm³/mol. The van der Waals surface area contributed by atoms with Crippen molar-refractivity contribution in [3.8, 4) is 6.07 Å². The molecule has 1 rings (SSSR count). The van der Waals surface area contributed by atoms with Gasteiger partial charge in [-0.05, 0) is 18.1 Å². The van der Waals surface area contributed by atoms with Gasteiger partial charge in [0, 0.05) is 12.0 Å². The Bertz CT molecular complexity index is 465. The van der Waals surface area contributed by atoms with Gasteiger partial charge in [-0.25, -0.2) is 0 Å². The fraction of sp³-hybridized carbons (Fsp3) is 0.308. The van der Waals surface area contributed by atoms with Crippen molar-refractivity contribution in [1.82, 2.24) is 5.32 Å². The minimum Gasteiger partial charge on any atom is -0.368 e. The van der Waals surface area contributed by atoms with Gasteiger partial charge >= 0.3 is 0 Å². The third kappa shape index (κ3) is 3.59. The molecule has 2 atom stereocenters. The van der Waals surface area contributed by atoms with E-state index in [2.05, 4.69) is 5.32 Å².